The van der Waals surface area contributed by atoms with Gasteiger partial charge in [-0.2, -0.15) is 0 Å². The summed E-state index contributed by atoms with van der Waals surface area (Å²) in [6, 6.07) is 13.1. The van der Waals surface area contributed by atoms with Gasteiger partial charge in [0.1, 0.15) is 0 Å². The van der Waals surface area contributed by atoms with Crippen LogP contribution in [0.1, 0.15) is 49.7 Å². The molecule has 2 aromatic carbocycles. The second-order valence-corrected chi connectivity index (χ2v) is 8.84. The molecule has 2 aromatic rings. The topological polar surface area (TPSA) is 73.9 Å². The maximum Gasteiger partial charge on any atom is 0.336 e. The van der Waals surface area contributed by atoms with Gasteiger partial charge in [0.05, 0.1) is 26.4 Å². The highest BCUT2D eigenvalue weighted by atomic mass is 35.5. The predicted molar refractivity (Wildman–Crippen MR) is 130 cm³/mol. The third kappa shape index (κ3) is 4.42. The van der Waals surface area contributed by atoms with Crippen molar-refractivity contribution in [1.29, 1.82) is 0 Å². The summed E-state index contributed by atoms with van der Waals surface area (Å²) in [5.74, 6) is 0.263. The highest BCUT2D eigenvalue weighted by Crippen LogP contribution is 2.46. The number of esters is 1. The zero-order valence-corrected chi connectivity index (χ0v) is 20.5. The summed E-state index contributed by atoms with van der Waals surface area (Å²) in [4.78, 5) is 26.6. The molecule has 0 unspecified atom stereocenters. The summed E-state index contributed by atoms with van der Waals surface area (Å²) < 4.78 is 16.2. The van der Waals surface area contributed by atoms with E-state index in [4.69, 9.17) is 25.8 Å². The maximum atomic E-state index is 13.6. The quantitative estimate of drug-likeness (QED) is 0.566. The average molecular weight is 482 g/mol. The summed E-state index contributed by atoms with van der Waals surface area (Å²) in [5.41, 5.74) is 4.35. The van der Waals surface area contributed by atoms with Gasteiger partial charge in [0, 0.05) is 34.3 Å². The molecule has 1 aliphatic carbocycles. The third-order valence-electron chi connectivity index (χ3n) is 6.38. The fourth-order valence-electron chi connectivity index (χ4n) is 4.88. The molecule has 0 spiro atoms. The molecule has 7 heteroatoms. The monoisotopic (exact) mass is 481 g/mol. The molecule has 4 rings (SSSR count). The van der Waals surface area contributed by atoms with Crippen LogP contribution < -0.4 is 14.8 Å². The van der Waals surface area contributed by atoms with Crippen molar-refractivity contribution in [2.24, 2.45) is 0 Å². The zero-order chi connectivity index (χ0) is 24.4. The van der Waals surface area contributed by atoms with Crippen LogP contribution in [-0.4, -0.2) is 32.6 Å². The van der Waals surface area contributed by atoms with E-state index < -0.39 is 11.9 Å². The van der Waals surface area contributed by atoms with Crippen LogP contribution in [0.4, 0.5) is 0 Å². The molecule has 1 heterocycles. The third-order valence-corrected chi connectivity index (χ3v) is 6.62. The Morgan fingerprint density at radius 3 is 2.50 bits per heavy atom. The van der Waals surface area contributed by atoms with Crippen LogP contribution in [-0.2, 0) is 14.3 Å². The van der Waals surface area contributed by atoms with Crippen LogP contribution in [0.15, 0.2) is 65.0 Å². The van der Waals surface area contributed by atoms with Gasteiger partial charge in [-0.3, -0.25) is 4.79 Å². The molecule has 1 aliphatic heterocycles. The predicted octanol–water partition coefficient (Wildman–Crippen LogP) is 5.28. The van der Waals surface area contributed by atoms with Crippen LogP contribution >= 0.6 is 11.6 Å². The van der Waals surface area contributed by atoms with Crippen molar-refractivity contribution in [3.05, 3.63) is 81.2 Å². The van der Waals surface area contributed by atoms with Gasteiger partial charge in [-0.1, -0.05) is 29.8 Å². The molecule has 0 amide bonds. The Kier molecular flexibility index (Phi) is 6.98. The highest BCUT2D eigenvalue weighted by molar-refractivity contribution is 6.30. The summed E-state index contributed by atoms with van der Waals surface area (Å²) in [6.07, 6.45) is 0.948. The van der Waals surface area contributed by atoms with Crippen molar-refractivity contribution in [2.45, 2.75) is 38.5 Å². The molecular formula is C27H28ClNO5. The van der Waals surface area contributed by atoms with E-state index in [1.54, 1.807) is 27.2 Å². The van der Waals surface area contributed by atoms with E-state index in [9.17, 15) is 9.59 Å². The van der Waals surface area contributed by atoms with Gasteiger partial charge in [-0.25, -0.2) is 4.79 Å². The Bertz CT molecular complexity index is 1200. The average Bonchev–Trinajstić information content (AvgIpc) is 2.82. The van der Waals surface area contributed by atoms with Crippen molar-refractivity contribution in [2.75, 3.05) is 20.8 Å². The molecule has 0 fully saturated rings. The second kappa shape index (κ2) is 9.94. The smallest absolute Gasteiger partial charge is 0.336 e. The van der Waals surface area contributed by atoms with E-state index in [-0.39, 0.29) is 18.3 Å². The van der Waals surface area contributed by atoms with E-state index in [1.807, 2.05) is 43.3 Å². The van der Waals surface area contributed by atoms with E-state index in [1.165, 1.54) is 0 Å². The van der Waals surface area contributed by atoms with Crippen molar-refractivity contribution < 1.29 is 23.8 Å². The molecule has 6 nitrogen and oxygen atoms in total. The van der Waals surface area contributed by atoms with Crippen molar-refractivity contribution in [1.82, 2.24) is 5.32 Å². The number of hydrogen-bond donors (Lipinski definition) is 1. The standard InChI is InChI=1S/C27H28ClNO5/c1-5-34-27(31)24-15(2)29-20-12-18(16-9-10-22(32-3)23(14-16)33-4)13-21(30)26(20)25(24)17-7-6-8-19(28)11-17/h6-11,14,18,25,29H,5,12-13H2,1-4H3/t18-,25-/m1/s1. The van der Waals surface area contributed by atoms with Crippen LogP contribution in [0.5, 0.6) is 11.5 Å². The fraction of sp³-hybridized carbons (Fsp3) is 0.333. The van der Waals surface area contributed by atoms with Gasteiger partial charge in [-0.05, 0) is 61.6 Å². The summed E-state index contributed by atoms with van der Waals surface area (Å²) in [6.45, 7) is 3.86. The Morgan fingerprint density at radius 2 is 1.82 bits per heavy atom. The number of carbonyl (C=O) groups excluding carboxylic acids is 2. The van der Waals surface area contributed by atoms with E-state index in [0.717, 1.165) is 16.8 Å². The molecule has 0 bridgehead atoms. The minimum Gasteiger partial charge on any atom is -0.493 e. The lowest BCUT2D eigenvalue weighted by Crippen LogP contribution is -2.36. The number of allylic oxidation sites excluding steroid dienone is 3. The minimum absolute atomic E-state index is 0.00666. The lowest BCUT2D eigenvalue weighted by Gasteiger charge is -2.36. The summed E-state index contributed by atoms with van der Waals surface area (Å²) >= 11 is 6.29. The first-order valence-corrected chi connectivity index (χ1v) is 11.6. The SMILES string of the molecule is CCOC(=O)C1=C(C)NC2=C(C(=O)C[C@H](c3ccc(OC)c(OC)c3)C2)[C@@H]1c1cccc(Cl)c1. The van der Waals surface area contributed by atoms with Gasteiger partial charge in [-0.15, -0.1) is 0 Å². The molecule has 0 aromatic heterocycles. The number of methoxy groups -OCH3 is 2. The number of carbonyl (C=O) groups is 2. The summed E-state index contributed by atoms with van der Waals surface area (Å²) in [7, 11) is 3.19. The second-order valence-electron chi connectivity index (χ2n) is 8.41. The Balaban J connectivity index is 1.78. The summed E-state index contributed by atoms with van der Waals surface area (Å²) in [5, 5.41) is 3.90. The number of hydrogen-bond acceptors (Lipinski definition) is 6. The number of Topliss-reactive ketones (excluding diaryl/α,β-unsaturated/α-hetero) is 1. The number of benzene rings is 2. The number of halogens is 1. The first kappa shape index (κ1) is 23.9. The van der Waals surface area contributed by atoms with Crippen molar-refractivity contribution >= 4 is 23.4 Å². The molecule has 2 atom stereocenters. The van der Waals surface area contributed by atoms with Crippen molar-refractivity contribution in [3.8, 4) is 11.5 Å². The Labute approximate surface area is 204 Å². The maximum absolute atomic E-state index is 13.6. The molecule has 34 heavy (non-hydrogen) atoms. The van der Waals surface area contributed by atoms with E-state index >= 15 is 0 Å². The van der Waals surface area contributed by atoms with Crippen LogP contribution in [0.25, 0.3) is 0 Å². The fourth-order valence-corrected chi connectivity index (χ4v) is 5.08. The molecule has 2 aliphatic rings. The number of rotatable bonds is 6. The Hall–Kier alpha value is -3.25. The van der Waals surface area contributed by atoms with Gasteiger partial charge in [0.25, 0.3) is 0 Å². The molecule has 0 radical (unpaired) electrons. The minimum atomic E-state index is -0.534. The van der Waals surface area contributed by atoms with Gasteiger partial charge in [0.2, 0.25) is 0 Å². The van der Waals surface area contributed by atoms with Gasteiger partial charge < -0.3 is 19.5 Å². The lowest BCUT2D eigenvalue weighted by atomic mass is 9.71. The Morgan fingerprint density at radius 1 is 1.06 bits per heavy atom. The number of dihydropyridines is 1. The van der Waals surface area contributed by atoms with E-state index in [2.05, 4.69) is 5.32 Å². The van der Waals surface area contributed by atoms with Crippen LogP contribution in [0.2, 0.25) is 5.02 Å². The normalized spacial score (nSPS) is 20.0. The largest absolute Gasteiger partial charge is 0.493 e. The van der Waals surface area contributed by atoms with Crippen LogP contribution in [0.3, 0.4) is 0 Å². The van der Waals surface area contributed by atoms with Gasteiger partial charge in [0.15, 0.2) is 17.3 Å². The molecule has 0 saturated heterocycles. The highest BCUT2D eigenvalue weighted by Gasteiger charge is 2.41. The van der Waals surface area contributed by atoms with Crippen LogP contribution in [0, 0.1) is 0 Å². The number of nitrogens with one attached hydrogen (secondary N) is 1. The number of ether oxygens (including phenoxy) is 3. The molecular weight excluding hydrogens is 454 g/mol. The molecule has 1 N–H and O–H groups in total. The van der Waals surface area contributed by atoms with E-state index in [0.29, 0.717) is 46.2 Å². The molecule has 0 saturated carbocycles. The van der Waals surface area contributed by atoms with Crippen molar-refractivity contribution in [3.63, 3.8) is 0 Å². The zero-order valence-electron chi connectivity index (χ0n) is 19.7. The van der Waals surface area contributed by atoms with Gasteiger partial charge >= 0.3 is 5.97 Å². The first-order chi connectivity index (χ1) is 16.4. The lowest BCUT2D eigenvalue weighted by molar-refractivity contribution is -0.138. The number of ketones is 1. The molecule has 178 valence electrons. The first-order valence-electron chi connectivity index (χ1n) is 11.3.